The van der Waals surface area contributed by atoms with Crippen LogP contribution in [0.25, 0.3) is 0 Å². The van der Waals surface area contributed by atoms with E-state index in [-0.39, 0.29) is 23.2 Å². The Hall–Kier alpha value is -1.06. The smallest absolute Gasteiger partial charge is 0.306 e. The lowest BCUT2D eigenvalue weighted by Gasteiger charge is -2.31. The van der Waals surface area contributed by atoms with E-state index in [2.05, 4.69) is 20.8 Å². The molecule has 3 unspecified atom stereocenters. The van der Waals surface area contributed by atoms with Gasteiger partial charge in [-0.25, -0.2) is 0 Å². The number of carbonyl (C=O) groups is 2. The summed E-state index contributed by atoms with van der Waals surface area (Å²) in [7, 11) is 0. The zero-order valence-corrected chi connectivity index (χ0v) is 12.9. The molecule has 2 rings (SSSR count). The molecule has 1 N–H and O–H groups in total. The Morgan fingerprint density at radius 1 is 1.10 bits per heavy atom. The molecule has 4 heteroatoms. The zero-order valence-electron chi connectivity index (χ0n) is 12.9. The molecule has 1 aliphatic heterocycles. The molecule has 0 aromatic heterocycles. The monoisotopic (exact) mass is 281 g/mol. The lowest BCUT2D eigenvalue weighted by molar-refractivity contribution is -0.145. The summed E-state index contributed by atoms with van der Waals surface area (Å²) in [5.74, 6) is -0.369. The number of carboxylic acids is 1. The third-order valence-corrected chi connectivity index (χ3v) is 5.10. The van der Waals surface area contributed by atoms with Crippen molar-refractivity contribution in [3.05, 3.63) is 0 Å². The van der Waals surface area contributed by atoms with E-state index < -0.39 is 5.97 Å². The van der Waals surface area contributed by atoms with E-state index in [0.717, 1.165) is 38.8 Å². The van der Waals surface area contributed by atoms with Crippen molar-refractivity contribution >= 4 is 11.9 Å². The highest BCUT2D eigenvalue weighted by molar-refractivity contribution is 5.80. The van der Waals surface area contributed by atoms with Crippen LogP contribution in [-0.4, -0.2) is 35.0 Å². The Labute approximate surface area is 121 Å². The van der Waals surface area contributed by atoms with E-state index in [0.29, 0.717) is 12.3 Å². The second kappa shape index (κ2) is 5.74. The zero-order chi connectivity index (χ0) is 14.9. The summed E-state index contributed by atoms with van der Waals surface area (Å²) >= 11 is 0. The van der Waals surface area contributed by atoms with Crippen LogP contribution in [0, 0.1) is 23.2 Å². The Bertz CT molecular complexity index is 386. The van der Waals surface area contributed by atoms with Gasteiger partial charge in [0.1, 0.15) is 0 Å². The lowest BCUT2D eigenvalue weighted by Crippen LogP contribution is -2.38. The number of hydrogen-bond donors (Lipinski definition) is 1. The minimum atomic E-state index is -0.739. The fourth-order valence-corrected chi connectivity index (χ4v) is 3.56. The molecule has 1 saturated heterocycles. The number of likely N-dealkylation sites (tertiary alicyclic amines) is 1. The van der Waals surface area contributed by atoms with Crippen molar-refractivity contribution in [3.63, 3.8) is 0 Å². The van der Waals surface area contributed by atoms with Crippen molar-refractivity contribution in [3.8, 4) is 0 Å². The second-order valence-electron chi connectivity index (χ2n) is 7.53. The first-order chi connectivity index (χ1) is 9.29. The van der Waals surface area contributed by atoms with Crippen molar-refractivity contribution < 1.29 is 14.7 Å². The van der Waals surface area contributed by atoms with Crippen molar-refractivity contribution in [1.29, 1.82) is 0 Å². The van der Waals surface area contributed by atoms with Crippen molar-refractivity contribution in [2.45, 2.75) is 52.9 Å². The summed E-state index contributed by atoms with van der Waals surface area (Å²) in [6, 6.07) is 0. The molecular weight excluding hydrogens is 254 g/mol. The molecule has 0 spiro atoms. The van der Waals surface area contributed by atoms with Gasteiger partial charge in [0.15, 0.2) is 0 Å². The maximum Gasteiger partial charge on any atom is 0.306 e. The average molecular weight is 281 g/mol. The first-order valence-electron chi connectivity index (χ1n) is 7.80. The van der Waals surface area contributed by atoms with Crippen LogP contribution in [-0.2, 0) is 9.59 Å². The number of hydrogen-bond acceptors (Lipinski definition) is 2. The van der Waals surface area contributed by atoms with Crippen molar-refractivity contribution in [2.75, 3.05) is 13.1 Å². The van der Waals surface area contributed by atoms with E-state index in [1.165, 1.54) is 0 Å². The van der Waals surface area contributed by atoms with Crippen LogP contribution < -0.4 is 0 Å². The summed E-state index contributed by atoms with van der Waals surface area (Å²) in [5, 5.41) is 9.13. The average Bonchev–Trinajstić information content (AvgIpc) is 2.87. The first-order valence-corrected chi connectivity index (χ1v) is 7.80. The predicted molar refractivity (Wildman–Crippen MR) is 77.2 cm³/mol. The van der Waals surface area contributed by atoms with Crippen molar-refractivity contribution in [2.24, 2.45) is 23.2 Å². The highest BCUT2D eigenvalue weighted by atomic mass is 16.4. The molecule has 2 aliphatic rings. The quantitative estimate of drug-likeness (QED) is 0.846. The van der Waals surface area contributed by atoms with Gasteiger partial charge in [-0.3, -0.25) is 9.59 Å². The molecule has 114 valence electrons. The van der Waals surface area contributed by atoms with Crippen LogP contribution in [0.4, 0.5) is 0 Å². The Kier molecular flexibility index (Phi) is 4.40. The first kappa shape index (κ1) is 15.3. The highest BCUT2D eigenvalue weighted by Gasteiger charge is 2.38. The van der Waals surface area contributed by atoms with Gasteiger partial charge in [0.2, 0.25) is 5.91 Å². The Morgan fingerprint density at radius 2 is 1.75 bits per heavy atom. The molecule has 4 nitrogen and oxygen atoms in total. The van der Waals surface area contributed by atoms with Crippen LogP contribution in [0.3, 0.4) is 0 Å². The van der Waals surface area contributed by atoms with Crippen LogP contribution >= 0.6 is 0 Å². The van der Waals surface area contributed by atoms with Gasteiger partial charge in [0.05, 0.1) is 5.92 Å². The maximum atomic E-state index is 12.6. The van der Waals surface area contributed by atoms with Gasteiger partial charge in [-0.05, 0) is 37.0 Å². The minimum Gasteiger partial charge on any atom is -0.481 e. The van der Waals surface area contributed by atoms with E-state index >= 15 is 0 Å². The van der Waals surface area contributed by atoms with Gasteiger partial charge in [0.25, 0.3) is 0 Å². The van der Waals surface area contributed by atoms with Crippen LogP contribution in [0.15, 0.2) is 0 Å². The third-order valence-electron chi connectivity index (χ3n) is 5.10. The Balaban J connectivity index is 1.93. The molecule has 3 atom stereocenters. The topological polar surface area (TPSA) is 57.6 Å². The summed E-state index contributed by atoms with van der Waals surface area (Å²) < 4.78 is 0. The van der Waals surface area contributed by atoms with Crippen LogP contribution in [0.2, 0.25) is 0 Å². The molecule has 0 bridgehead atoms. The van der Waals surface area contributed by atoms with Gasteiger partial charge in [-0.2, -0.15) is 0 Å². The predicted octanol–water partition coefficient (Wildman–Crippen LogP) is 2.77. The number of aliphatic carboxylic acids is 1. The van der Waals surface area contributed by atoms with Crippen molar-refractivity contribution in [1.82, 2.24) is 4.90 Å². The molecule has 1 heterocycles. The van der Waals surface area contributed by atoms with Gasteiger partial charge in [0, 0.05) is 19.0 Å². The van der Waals surface area contributed by atoms with E-state index in [1.807, 2.05) is 4.90 Å². The molecule has 1 aliphatic carbocycles. The third kappa shape index (κ3) is 3.33. The van der Waals surface area contributed by atoms with E-state index in [9.17, 15) is 9.59 Å². The summed E-state index contributed by atoms with van der Waals surface area (Å²) in [5.41, 5.74) is 0.241. The maximum absolute atomic E-state index is 12.6. The Morgan fingerprint density at radius 3 is 2.30 bits per heavy atom. The minimum absolute atomic E-state index is 0.0661. The SMILES string of the molecule is CC(C)(C)C1CCN(C(=O)C2CCCC(C(=O)O)C2)C1. The van der Waals surface area contributed by atoms with E-state index in [1.54, 1.807) is 0 Å². The normalized spacial score (nSPS) is 31.4. The molecule has 0 aromatic rings. The fourth-order valence-electron chi connectivity index (χ4n) is 3.56. The molecule has 1 saturated carbocycles. The van der Waals surface area contributed by atoms with Gasteiger partial charge in [-0.1, -0.05) is 27.2 Å². The molecule has 20 heavy (non-hydrogen) atoms. The number of carbonyl (C=O) groups excluding carboxylic acids is 1. The summed E-state index contributed by atoms with van der Waals surface area (Å²) in [4.78, 5) is 25.7. The molecule has 0 radical (unpaired) electrons. The fraction of sp³-hybridized carbons (Fsp3) is 0.875. The molecule has 0 aromatic carbocycles. The highest BCUT2D eigenvalue weighted by Crippen LogP contribution is 2.36. The molecule has 2 fully saturated rings. The lowest BCUT2D eigenvalue weighted by atomic mass is 9.80. The summed E-state index contributed by atoms with van der Waals surface area (Å²) in [6.07, 6.45) is 4.06. The molecular formula is C16H27NO3. The standard InChI is InChI=1S/C16H27NO3/c1-16(2,3)13-7-8-17(10-13)14(18)11-5-4-6-12(9-11)15(19)20/h11-13H,4-10H2,1-3H3,(H,19,20). The second-order valence-corrected chi connectivity index (χ2v) is 7.53. The van der Waals surface area contributed by atoms with Gasteiger partial charge in [-0.15, -0.1) is 0 Å². The van der Waals surface area contributed by atoms with Gasteiger partial charge >= 0.3 is 5.97 Å². The number of amides is 1. The number of rotatable bonds is 2. The largest absolute Gasteiger partial charge is 0.481 e. The number of nitrogens with zero attached hydrogens (tertiary/aromatic N) is 1. The van der Waals surface area contributed by atoms with Crippen LogP contribution in [0.1, 0.15) is 52.9 Å². The summed E-state index contributed by atoms with van der Waals surface area (Å²) in [6.45, 7) is 8.37. The molecule has 1 amide bonds. The van der Waals surface area contributed by atoms with Crippen LogP contribution in [0.5, 0.6) is 0 Å². The van der Waals surface area contributed by atoms with E-state index in [4.69, 9.17) is 5.11 Å². The number of carboxylic acid groups (broad SMARTS) is 1. The van der Waals surface area contributed by atoms with Gasteiger partial charge < -0.3 is 10.0 Å².